The summed E-state index contributed by atoms with van der Waals surface area (Å²) in [6.07, 6.45) is 3.97. The van der Waals surface area contributed by atoms with Crippen LogP contribution in [0, 0.1) is 6.92 Å². The van der Waals surface area contributed by atoms with Crippen molar-refractivity contribution in [1.29, 1.82) is 0 Å². The first-order chi connectivity index (χ1) is 10.7. The zero-order valence-electron chi connectivity index (χ0n) is 12.8. The molecule has 0 aliphatic carbocycles. The van der Waals surface area contributed by atoms with Crippen LogP contribution in [0.5, 0.6) is 0 Å². The average molecular weight is 320 g/mol. The molecule has 3 rings (SSSR count). The molecule has 0 radical (unpaired) electrons. The standard InChI is InChI=1S/C15H20N4O2S/c1-3-16-14(20)12-9(2)11-13(18-8-19-15(11)22-12)17-7-10-5-4-6-21-10/h8,10H,3-7H2,1-2H3,(H,16,20)(H,17,18,19). The first kappa shape index (κ1) is 15.2. The molecule has 0 aromatic carbocycles. The third kappa shape index (κ3) is 2.91. The maximum atomic E-state index is 12.1. The maximum absolute atomic E-state index is 12.1. The fourth-order valence-corrected chi connectivity index (χ4v) is 3.74. The summed E-state index contributed by atoms with van der Waals surface area (Å²) in [6, 6.07) is 0. The van der Waals surface area contributed by atoms with Crippen LogP contribution in [0.15, 0.2) is 6.33 Å². The van der Waals surface area contributed by atoms with Gasteiger partial charge < -0.3 is 15.4 Å². The molecule has 7 heteroatoms. The number of amides is 1. The highest BCUT2D eigenvalue weighted by molar-refractivity contribution is 7.20. The lowest BCUT2D eigenvalue weighted by Gasteiger charge is -2.12. The minimum absolute atomic E-state index is 0.0481. The zero-order chi connectivity index (χ0) is 15.5. The summed E-state index contributed by atoms with van der Waals surface area (Å²) in [5.74, 6) is 0.734. The van der Waals surface area contributed by atoms with E-state index < -0.39 is 0 Å². The molecule has 0 spiro atoms. The fourth-order valence-electron chi connectivity index (χ4n) is 2.68. The van der Waals surface area contributed by atoms with Crippen LogP contribution >= 0.6 is 11.3 Å². The number of nitrogens with zero attached hydrogens (tertiary/aromatic N) is 2. The van der Waals surface area contributed by atoms with Gasteiger partial charge in [0, 0.05) is 19.7 Å². The monoisotopic (exact) mass is 320 g/mol. The highest BCUT2D eigenvalue weighted by atomic mass is 32.1. The van der Waals surface area contributed by atoms with Gasteiger partial charge in [-0.15, -0.1) is 11.3 Å². The van der Waals surface area contributed by atoms with Gasteiger partial charge in [-0.1, -0.05) is 0 Å². The summed E-state index contributed by atoms with van der Waals surface area (Å²) in [5.41, 5.74) is 0.932. The van der Waals surface area contributed by atoms with E-state index in [0.717, 1.165) is 47.6 Å². The largest absolute Gasteiger partial charge is 0.376 e. The number of fused-ring (bicyclic) bond motifs is 1. The molecule has 0 saturated carbocycles. The molecular formula is C15H20N4O2S. The summed E-state index contributed by atoms with van der Waals surface area (Å²) in [7, 11) is 0. The molecule has 22 heavy (non-hydrogen) atoms. The maximum Gasteiger partial charge on any atom is 0.261 e. The Labute approximate surface area is 133 Å². The molecule has 1 fully saturated rings. The lowest BCUT2D eigenvalue weighted by atomic mass is 10.2. The Hall–Kier alpha value is -1.73. The summed E-state index contributed by atoms with van der Waals surface area (Å²) in [5, 5.41) is 7.13. The van der Waals surface area contributed by atoms with E-state index in [2.05, 4.69) is 20.6 Å². The molecular weight excluding hydrogens is 300 g/mol. The van der Waals surface area contributed by atoms with Gasteiger partial charge >= 0.3 is 0 Å². The minimum Gasteiger partial charge on any atom is -0.376 e. The highest BCUT2D eigenvalue weighted by Gasteiger charge is 2.20. The number of aromatic nitrogens is 2. The summed E-state index contributed by atoms with van der Waals surface area (Å²) >= 11 is 1.41. The van der Waals surface area contributed by atoms with E-state index in [0.29, 0.717) is 11.4 Å². The molecule has 0 bridgehead atoms. The van der Waals surface area contributed by atoms with E-state index in [4.69, 9.17) is 4.74 Å². The van der Waals surface area contributed by atoms with Crippen LogP contribution < -0.4 is 10.6 Å². The van der Waals surface area contributed by atoms with Crippen molar-refractivity contribution in [1.82, 2.24) is 15.3 Å². The van der Waals surface area contributed by atoms with Crippen molar-refractivity contribution >= 4 is 33.3 Å². The Bertz CT molecular complexity index is 679. The molecule has 2 aromatic rings. The van der Waals surface area contributed by atoms with Crippen molar-refractivity contribution in [2.75, 3.05) is 25.0 Å². The van der Waals surface area contributed by atoms with E-state index in [9.17, 15) is 4.79 Å². The van der Waals surface area contributed by atoms with E-state index in [1.807, 2.05) is 13.8 Å². The summed E-state index contributed by atoms with van der Waals surface area (Å²) < 4.78 is 5.62. The number of nitrogens with one attached hydrogen (secondary N) is 2. The molecule has 3 heterocycles. The van der Waals surface area contributed by atoms with Crippen LogP contribution in [0.3, 0.4) is 0 Å². The first-order valence-corrected chi connectivity index (χ1v) is 8.40. The Balaban J connectivity index is 1.88. The minimum atomic E-state index is -0.0481. The number of carbonyl (C=O) groups is 1. The summed E-state index contributed by atoms with van der Waals surface area (Å²) in [6.45, 7) is 6.05. The van der Waals surface area contributed by atoms with Gasteiger partial charge in [-0.25, -0.2) is 9.97 Å². The van der Waals surface area contributed by atoms with E-state index >= 15 is 0 Å². The number of hydrogen-bond donors (Lipinski definition) is 2. The van der Waals surface area contributed by atoms with Crippen molar-refractivity contribution in [3.05, 3.63) is 16.8 Å². The van der Waals surface area contributed by atoms with Gasteiger partial charge in [0.1, 0.15) is 17.0 Å². The van der Waals surface area contributed by atoms with Gasteiger partial charge in [0.05, 0.1) is 16.4 Å². The van der Waals surface area contributed by atoms with Crippen LogP contribution in [0.25, 0.3) is 10.2 Å². The van der Waals surface area contributed by atoms with Crippen LogP contribution in [-0.4, -0.2) is 41.7 Å². The van der Waals surface area contributed by atoms with Gasteiger partial charge in [0.2, 0.25) is 0 Å². The zero-order valence-corrected chi connectivity index (χ0v) is 13.6. The molecule has 1 atom stereocenters. The fraction of sp³-hybridized carbons (Fsp3) is 0.533. The van der Waals surface area contributed by atoms with Crippen LogP contribution in [0.2, 0.25) is 0 Å². The Morgan fingerprint density at radius 1 is 1.50 bits per heavy atom. The average Bonchev–Trinajstić information content (AvgIpc) is 3.14. The van der Waals surface area contributed by atoms with Gasteiger partial charge in [-0.2, -0.15) is 0 Å². The molecule has 1 unspecified atom stereocenters. The van der Waals surface area contributed by atoms with Gasteiger partial charge in [-0.05, 0) is 32.3 Å². The third-order valence-electron chi connectivity index (χ3n) is 3.79. The number of anilines is 1. The number of aryl methyl sites for hydroxylation is 1. The Morgan fingerprint density at radius 3 is 3.09 bits per heavy atom. The van der Waals surface area contributed by atoms with Crippen LogP contribution in [-0.2, 0) is 4.74 Å². The molecule has 2 N–H and O–H groups in total. The van der Waals surface area contributed by atoms with E-state index in [1.54, 1.807) is 0 Å². The van der Waals surface area contributed by atoms with Crippen LogP contribution in [0.1, 0.15) is 35.0 Å². The number of carbonyl (C=O) groups excluding carboxylic acids is 1. The molecule has 1 saturated heterocycles. The van der Waals surface area contributed by atoms with E-state index in [-0.39, 0.29) is 12.0 Å². The molecule has 6 nitrogen and oxygen atoms in total. The quantitative estimate of drug-likeness (QED) is 0.884. The van der Waals surface area contributed by atoms with Gasteiger partial charge in [-0.3, -0.25) is 4.79 Å². The van der Waals surface area contributed by atoms with Gasteiger partial charge in [0.15, 0.2) is 0 Å². The Morgan fingerprint density at radius 2 is 2.36 bits per heavy atom. The smallest absolute Gasteiger partial charge is 0.261 e. The second-order valence-electron chi connectivity index (χ2n) is 5.33. The second-order valence-corrected chi connectivity index (χ2v) is 6.33. The highest BCUT2D eigenvalue weighted by Crippen LogP contribution is 2.33. The SMILES string of the molecule is CCNC(=O)c1sc2ncnc(NCC3CCCO3)c2c1C. The number of ether oxygens (including phenoxy) is 1. The van der Waals surface area contributed by atoms with Gasteiger partial charge in [0.25, 0.3) is 5.91 Å². The molecule has 118 valence electrons. The molecule has 1 aliphatic heterocycles. The lowest BCUT2D eigenvalue weighted by Crippen LogP contribution is -2.22. The number of rotatable bonds is 5. The predicted octanol–water partition coefficient (Wildman–Crippen LogP) is 2.34. The molecule has 2 aromatic heterocycles. The number of hydrogen-bond acceptors (Lipinski definition) is 6. The van der Waals surface area contributed by atoms with Crippen molar-refractivity contribution < 1.29 is 9.53 Å². The van der Waals surface area contributed by atoms with E-state index in [1.165, 1.54) is 17.7 Å². The van der Waals surface area contributed by atoms with Crippen LogP contribution in [0.4, 0.5) is 5.82 Å². The van der Waals surface area contributed by atoms with Crippen molar-refractivity contribution in [2.24, 2.45) is 0 Å². The van der Waals surface area contributed by atoms with Crippen molar-refractivity contribution in [3.8, 4) is 0 Å². The normalized spacial score (nSPS) is 17.8. The number of thiophene rings is 1. The Kier molecular flexibility index (Phi) is 4.54. The van der Waals surface area contributed by atoms with Crippen molar-refractivity contribution in [3.63, 3.8) is 0 Å². The van der Waals surface area contributed by atoms with Crippen molar-refractivity contribution in [2.45, 2.75) is 32.8 Å². The predicted molar refractivity (Wildman–Crippen MR) is 87.6 cm³/mol. The molecule has 1 aliphatic rings. The third-order valence-corrected chi connectivity index (χ3v) is 4.99. The molecule has 1 amide bonds. The first-order valence-electron chi connectivity index (χ1n) is 7.58. The summed E-state index contributed by atoms with van der Waals surface area (Å²) in [4.78, 5) is 22.3. The topological polar surface area (TPSA) is 76.1 Å². The second kappa shape index (κ2) is 6.58. The lowest BCUT2D eigenvalue weighted by molar-refractivity contribution is 0.0959.